The van der Waals surface area contributed by atoms with E-state index < -0.39 is 0 Å². The molecular weight excluding hydrogens is 220 g/mol. The van der Waals surface area contributed by atoms with E-state index in [-0.39, 0.29) is 0 Å². The van der Waals surface area contributed by atoms with E-state index in [9.17, 15) is 0 Å². The molecule has 0 saturated carbocycles. The van der Waals surface area contributed by atoms with Gasteiger partial charge in [-0.3, -0.25) is 0 Å². The van der Waals surface area contributed by atoms with Crippen molar-refractivity contribution in [2.45, 2.75) is 12.8 Å². The minimum atomic E-state index is 0.578. The molecular formula is C17H16O. The Bertz CT molecular complexity index is 506. The summed E-state index contributed by atoms with van der Waals surface area (Å²) in [6, 6.07) is 18.6. The molecule has 0 aliphatic heterocycles. The Kier molecular flexibility index (Phi) is 4.44. The van der Waals surface area contributed by atoms with E-state index in [0.717, 1.165) is 12.2 Å². The fourth-order valence-electron chi connectivity index (χ4n) is 1.76. The van der Waals surface area contributed by atoms with Crippen LogP contribution in [-0.2, 0) is 6.42 Å². The lowest BCUT2D eigenvalue weighted by Gasteiger charge is -2.06. The molecule has 0 atom stereocenters. The monoisotopic (exact) mass is 236 g/mol. The van der Waals surface area contributed by atoms with Crippen molar-refractivity contribution in [3.8, 4) is 18.1 Å². The van der Waals surface area contributed by atoms with Crippen molar-refractivity contribution in [2.24, 2.45) is 0 Å². The number of rotatable bonds is 5. The molecule has 0 bridgehead atoms. The SMILES string of the molecule is C#CCCOc1ccc(Cc2ccccc2)cc1. The van der Waals surface area contributed by atoms with E-state index >= 15 is 0 Å². The molecule has 0 aliphatic rings. The second-order valence-electron chi connectivity index (χ2n) is 4.11. The van der Waals surface area contributed by atoms with Crippen LogP contribution in [-0.4, -0.2) is 6.61 Å². The average Bonchev–Trinajstić information content (AvgIpc) is 2.42. The van der Waals surface area contributed by atoms with Crippen molar-refractivity contribution in [3.63, 3.8) is 0 Å². The molecule has 0 heterocycles. The summed E-state index contributed by atoms with van der Waals surface area (Å²) in [5.74, 6) is 3.43. The molecule has 0 unspecified atom stereocenters. The number of terminal acetylenes is 1. The minimum absolute atomic E-state index is 0.578. The number of hydrogen-bond donors (Lipinski definition) is 0. The highest BCUT2D eigenvalue weighted by Crippen LogP contribution is 2.15. The first-order chi connectivity index (χ1) is 8.88. The molecule has 18 heavy (non-hydrogen) atoms. The molecule has 90 valence electrons. The third-order valence-corrected chi connectivity index (χ3v) is 2.69. The Hall–Kier alpha value is -2.20. The first-order valence-electron chi connectivity index (χ1n) is 6.07. The Morgan fingerprint density at radius 1 is 0.889 bits per heavy atom. The zero-order valence-electron chi connectivity index (χ0n) is 10.3. The molecule has 1 heteroatoms. The van der Waals surface area contributed by atoms with Crippen LogP contribution < -0.4 is 4.74 Å². The van der Waals surface area contributed by atoms with Gasteiger partial charge in [0.25, 0.3) is 0 Å². The number of ether oxygens (including phenoxy) is 1. The summed E-state index contributed by atoms with van der Waals surface area (Å²) < 4.78 is 5.51. The molecule has 0 fully saturated rings. The van der Waals surface area contributed by atoms with Gasteiger partial charge in [-0.15, -0.1) is 12.3 Å². The van der Waals surface area contributed by atoms with Crippen molar-refractivity contribution in [1.29, 1.82) is 0 Å². The molecule has 2 aromatic carbocycles. The van der Waals surface area contributed by atoms with Crippen LogP contribution in [0.15, 0.2) is 54.6 Å². The van der Waals surface area contributed by atoms with E-state index in [4.69, 9.17) is 11.2 Å². The molecule has 2 aromatic rings. The molecule has 0 N–H and O–H groups in total. The van der Waals surface area contributed by atoms with Crippen molar-refractivity contribution in [1.82, 2.24) is 0 Å². The zero-order valence-corrected chi connectivity index (χ0v) is 10.3. The van der Waals surface area contributed by atoms with Gasteiger partial charge in [0.05, 0.1) is 6.61 Å². The molecule has 1 nitrogen and oxygen atoms in total. The summed E-state index contributed by atoms with van der Waals surface area (Å²) in [6.45, 7) is 0.578. The maximum Gasteiger partial charge on any atom is 0.119 e. The van der Waals surface area contributed by atoms with E-state index in [0.29, 0.717) is 13.0 Å². The predicted octanol–water partition coefficient (Wildman–Crippen LogP) is 3.68. The fourth-order valence-corrected chi connectivity index (χ4v) is 1.76. The van der Waals surface area contributed by atoms with Gasteiger partial charge in [0.15, 0.2) is 0 Å². The quantitative estimate of drug-likeness (QED) is 0.568. The van der Waals surface area contributed by atoms with Gasteiger partial charge < -0.3 is 4.74 Å². The van der Waals surface area contributed by atoms with Gasteiger partial charge in [0.2, 0.25) is 0 Å². The van der Waals surface area contributed by atoms with Crippen LogP contribution in [0.4, 0.5) is 0 Å². The van der Waals surface area contributed by atoms with Gasteiger partial charge in [0, 0.05) is 6.42 Å². The van der Waals surface area contributed by atoms with Crippen molar-refractivity contribution < 1.29 is 4.74 Å². The van der Waals surface area contributed by atoms with E-state index in [2.05, 4.69) is 42.3 Å². The molecule has 0 spiro atoms. The molecule has 0 saturated heterocycles. The second-order valence-corrected chi connectivity index (χ2v) is 4.11. The largest absolute Gasteiger partial charge is 0.493 e. The van der Waals surface area contributed by atoms with Crippen LogP contribution in [0.2, 0.25) is 0 Å². The smallest absolute Gasteiger partial charge is 0.119 e. The molecule has 0 aliphatic carbocycles. The summed E-state index contributed by atoms with van der Waals surface area (Å²) in [4.78, 5) is 0. The summed E-state index contributed by atoms with van der Waals surface area (Å²) >= 11 is 0. The molecule has 0 amide bonds. The summed E-state index contributed by atoms with van der Waals surface area (Å²) in [7, 11) is 0. The van der Waals surface area contributed by atoms with Gasteiger partial charge in [-0.25, -0.2) is 0 Å². The van der Waals surface area contributed by atoms with Gasteiger partial charge in [-0.2, -0.15) is 0 Å². The maximum absolute atomic E-state index is 5.51. The normalized spacial score (nSPS) is 9.72. The predicted molar refractivity (Wildman–Crippen MR) is 74.6 cm³/mol. The van der Waals surface area contributed by atoms with Gasteiger partial charge in [-0.05, 0) is 29.7 Å². The highest BCUT2D eigenvalue weighted by Gasteiger charge is 1.97. The van der Waals surface area contributed by atoms with Crippen LogP contribution in [0.3, 0.4) is 0 Å². The maximum atomic E-state index is 5.51. The average molecular weight is 236 g/mol. The third-order valence-electron chi connectivity index (χ3n) is 2.69. The highest BCUT2D eigenvalue weighted by molar-refractivity contribution is 5.31. The lowest BCUT2D eigenvalue weighted by molar-refractivity contribution is 0.327. The van der Waals surface area contributed by atoms with Crippen LogP contribution in [0, 0.1) is 12.3 Å². The first-order valence-corrected chi connectivity index (χ1v) is 6.07. The van der Waals surface area contributed by atoms with E-state index in [1.807, 2.05) is 18.2 Å². The molecule has 0 aromatic heterocycles. The Morgan fingerprint density at radius 2 is 1.56 bits per heavy atom. The van der Waals surface area contributed by atoms with Crippen LogP contribution in [0.25, 0.3) is 0 Å². The van der Waals surface area contributed by atoms with E-state index in [1.165, 1.54) is 11.1 Å². The van der Waals surface area contributed by atoms with Crippen molar-refractivity contribution in [2.75, 3.05) is 6.61 Å². The summed E-state index contributed by atoms with van der Waals surface area (Å²) in [6.07, 6.45) is 6.77. The standard InChI is InChI=1S/C17H16O/c1-2-3-13-18-17-11-9-16(10-12-17)14-15-7-5-4-6-8-15/h1,4-12H,3,13-14H2. The molecule has 0 radical (unpaired) electrons. The van der Waals surface area contributed by atoms with Gasteiger partial charge >= 0.3 is 0 Å². The first kappa shape index (κ1) is 12.3. The van der Waals surface area contributed by atoms with Crippen molar-refractivity contribution >= 4 is 0 Å². The molecule has 2 rings (SSSR count). The fraction of sp³-hybridized carbons (Fsp3) is 0.176. The number of benzene rings is 2. The Morgan fingerprint density at radius 3 is 2.22 bits per heavy atom. The second kappa shape index (κ2) is 6.51. The summed E-state index contributed by atoms with van der Waals surface area (Å²) in [5, 5.41) is 0. The third kappa shape index (κ3) is 3.68. The van der Waals surface area contributed by atoms with Gasteiger partial charge in [0.1, 0.15) is 5.75 Å². The number of hydrogen-bond acceptors (Lipinski definition) is 1. The lowest BCUT2D eigenvalue weighted by Crippen LogP contribution is -1.96. The van der Waals surface area contributed by atoms with Crippen LogP contribution >= 0.6 is 0 Å². The Labute approximate surface area is 108 Å². The zero-order chi connectivity index (χ0) is 12.6. The summed E-state index contributed by atoms with van der Waals surface area (Å²) in [5.41, 5.74) is 2.60. The van der Waals surface area contributed by atoms with Gasteiger partial charge in [-0.1, -0.05) is 42.5 Å². The van der Waals surface area contributed by atoms with Crippen LogP contribution in [0.5, 0.6) is 5.75 Å². The van der Waals surface area contributed by atoms with Crippen molar-refractivity contribution in [3.05, 3.63) is 65.7 Å². The minimum Gasteiger partial charge on any atom is -0.493 e. The Balaban J connectivity index is 1.94. The lowest BCUT2D eigenvalue weighted by atomic mass is 10.1. The topological polar surface area (TPSA) is 9.23 Å². The van der Waals surface area contributed by atoms with E-state index in [1.54, 1.807) is 0 Å². The van der Waals surface area contributed by atoms with Crippen LogP contribution in [0.1, 0.15) is 17.5 Å². The highest BCUT2D eigenvalue weighted by atomic mass is 16.5.